The topological polar surface area (TPSA) is 80.9 Å². The van der Waals surface area contributed by atoms with Gasteiger partial charge in [0.15, 0.2) is 0 Å². The fourth-order valence-electron chi connectivity index (χ4n) is 0.790. The van der Waals surface area contributed by atoms with Gasteiger partial charge in [0, 0.05) is 13.0 Å². The van der Waals surface area contributed by atoms with Gasteiger partial charge in [-0.05, 0) is 12.3 Å². The molecule has 0 radical (unpaired) electrons. The maximum atomic E-state index is 8.44. The van der Waals surface area contributed by atoms with Crippen molar-refractivity contribution in [2.24, 2.45) is 5.92 Å². The summed E-state index contributed by atoms with van der Waals surface area (Å²) in [5.41, 5.74) is 0. The van der Waals surface area contributed by atoms with E-state index in [4.69, 9.17) is 20.4 Å². The Labute approximate surface area is 59.7 Å². The molecule has 0 rings (SSSR count). The Balaban J connectivity index is 3.47. The highest BCUT2D eigenvalue weighted by Crippen LogP contribution is 2.13. The molecule has 0 amide bonds. The monoisotopic (exact) mass is 150 g/mol. The molecule has 1 atom stereocenters. The van der Waals surface area contributed by atoms with Crippen LogP contribution in [0.4, 0.5) is 0 Å². The fraction of sp³-hybridized carbons (Fsp3) is 1.00. The zero-order valence-corrected chi connectivity index (χ0v) is 5.99. The van der Waals surface area contributed by atoms with E-state index in [9.17, 15) is 0 Å². The fourth-order valence-corrected chi connectivity index (χ4v) is 0.790. The zero-order valence-electron chi connectivity index (χ0n) is 5.99. The van der Waals surface area contributed by atoms with Gasteiger partial charge in [-0.2, -0.15) is 0 Å². The Morgan fingerprint density at radius 1 is 1.30 bits per heavy atom. The molecule has 62 valence electrons. The van der Waals surface area contributed by atoms with Gasteiger partial charge in [0.25, 0.3) is 5.97 Å². The van der Waals surface area contributed by atoms with Crippen molar-refractivity contribution in [2.45, 2.75) is 25.7 Å². The van der Waals surface area contributed by atoms with E-state index in [0.717, 1.165) is 0 Å². The summed E-state index contributed by atoms with van der Waals surface area (Å²) in [6.07, 6.45) is 0.330. The molecule has 0 fully saturated rings. The van der Waals surface area contributed by atoms with Crippen molar-refractivity contribution < 1.29 is 20.4 Å². The molecule has 0 heterocycles. The summed E-state index contributed by atoms with van der Waals surface area (Å²) in [6.45, 7) is 1.71. The number of rotatable bonds is 4. The Morgan fingerprint density at radius 2 is 1.80 bits per heavy atom. The molecular formula is C6H14O4. The summed E-state index contributed by atoms with van der Waals surface area (Å²) >= 11 is 0. The lowest BCUT2D eigenvalue weighted by Crippen LogP contribution is -2.29. The first-order valence-electron chi connectivity index (χ1n) is 3.23. The Kier molecular flexibility index (Phi) is 3.81. The normalized spacial score (nSPS) is 15.3. The van der Waals surface area contributed by atoms with E-state index in [0.29, 0.717) is 6.42 Å². The lowest BCUT2D eigenvalue weighted by Gasteiger charge is -2.17. The minimum atomic E-state index is -2.59. The predicted molar refractivity (Wildman–Crippen MR) is 34.9 cm³/mol. The Hall–Kier alpha value is -0.160. The summed E-state index contributed by atoms with van der Waals surface area (Å²) in [4.78, 5) is 0. The standard InChI is InChI=1S/C6H14O4/c1-5(2-3-7)4-6(8,9)10/h5,7-10H,2-4H2,1H3. The molecule has 10 heavy (non-hydrogen) atoms. The molecule has 1 unspecified atom stereocenters. The van der Waals surface area contributed by atoms with Crippen molar-refractivity contribution in [3.63, 3.8) is 0 Å². The third-order valence-corrected chi connectivity index (χ3v) is 1.24. The SMILES string of the molecule is CC(CCO)CC(O)(O)O. The van der Waals surface area contributed by atoms with Gasteiger partial charge in [-0.15, -0.1) is 0 Å². The van der Waals surface area contributed by atoms with Gasteiger partial charge in [0.2, 0.25) is 0 Å². The third-order valence-electron chi connectivity index (χ3n) is 1.24. The summed E-state index contributed by atoms with van der Waals surface area (Å²) in [6, 6.07) is 0. The van der Waals surface area contributed by atoms with Gasteiger partial charge in [-0.3, -0.25) is 0 Å². The van der Waals surface area contributed by atoms with E-state index in [1.165, 1.54) is 0 Å². The lowest BCUT2D eigenvalue weighted by molar-refractivity contribution is -0.319. The van der Waals surface area contributed by atoms with E-state index >= 15 is 0 Å². The van der Waals surface area contributed by atoms with Gasteiger partial charge >= 0.3 is 0 Å². The highest BCUT2D eigenvalue weighted by molar-refractivity contribution is 4.56. The third kappa shape index (κ3) is 5.97. The van der Waals surface area contributed by atoms with Crippen molar-refractivity contribution in [1.29, 1.82) is 0 Å². The van der Waals surface area contributed by atoms with Crippen molar-refractivity contribution in [3.8, 4) is 0 Å². The maximum absolute atomic E-state index is 8.44. The molecule has 0 aliphatic heterocycles. The second-order valence-corrected chi connectivity index (χ2v) is 2.60. The first-order chi connectivity index (χ1) is 4.45. The smallest absolute Gasteiger partial charge is 0.275 e. The van der Waals surface area contributed by atoms with Crippen LogP contribution in [0.5, 0.6) is 0 Å². The van der Waals surface area contributed by atoms with Crippen LogP contribution < -0.4 is 0 Å². The summed E-state index contributed by atoms with van der Waals surface area (Å²) < 4.78 is 0. The number of hydrogen-bond acceptors (Lipinski definition) is 4. The van der Waals surface area contributed by atoms with Gasteiger partial charge < -0.3 is 20.4 Å². The van der Waals surface area contributed by atoms with E-state index in [1.807, 2.05) is 0 Å². The quantitative estimate of drug-likeness (QED) is 0.388. The maximum Gasteiger partial charge on any atom is 0.275 e. The van der Waals surface area contributed by atoms with E-state index in [1.54, 1.807) is 6.92 Å². The molecule has 0 aromatic rings. The van der Waals surface area contributed by atoms with Crippen LogP contribution in [-0.2, 0) is 0 Å². The zero-order chi connectivity index (χ0) is 8.20. The average Bonchev–Trinajstić information content (AvgIpc) is 1.59. The highest BCUT2D eigenvalue weighted by atomic mass is 16.7. The second-order valence-electron chi connectivity index (χ2n) is 2.60. The van der Waals surface area contributed by atoms with Crippen LogP contribution in [0.3, 0.4) is 0 Å². The van der Waals surface area contributed by atoms with Crippen LogP contribution in [0.2, 0.25) is 0 Å². The van der Waals surface area contributed by atoms with Crippen LogP contribution in [0.1, 0.15) is 19.8 Å². The van der Waals surface area contributed by atoms with Gasteiger partial charge in [-0.25, -0.2) is 0 Å². The van der Waals surface area contributed by atoms with E-state index < -0.39 is 5.97 Å². The highest BCUT2D eigenvalue weighted by Gasteiger charge is 2.21. The molecule has 0 aromatic heterocycles. The first-order valence-corrected chi connectivity index (χ1v) is 3.23. The van der Waals surface area contributed by atoms with Crippen molar-refractivity contribution in [3.05, 3.63) is 0 Å². The van der Waals surface area contributed by atoms with E-state index in [2.05, 4.69) is 0 Å². The van der Waals surface area contributed by atoms with Gasteiger partial charge in [0.05, 0.1) is 0 Å². The molecule has 0 aliphatic rings. The molecule has 4 nitrogen and oxygen atoms in total. The molecule has 0 saturated carbocycles. The summed E-state index contributed by atoms with van der Waals surface area (Å²) in [5.74, 6) is -2.68. The van der Waals surface area contributed by atoms with Crippen LogP contribution in [-0.4, -0.2) is 33.0 Å². The molecule has 4 N–H and O–H groups in total. The largest absolute Gasteiger partial charge is 0.396 e. The lowest BCUT2D eigenvalue weighted by atomic mass is 10.0. The molecule has 0 aliphatic carbocycles. The molecular weight excluding hydrogens is 136 g/mol. The van der Waals surface area contributed by atoms with Crippen molar-refractivity contribution >= 4 is 0 Å². The van der Waals surface area contributed by atoms with Crippen LogP contribution in [0, 0.1) is 5.92 Å². The number of hydrogen-bond donors (Lipinski definition) is 4. The van der Waals surface area contributed by atoms with E-state index in [-0.39, 0.29) is 18.9 Å². The number of aliphatic hydroxyl groups excluding tert-OH is 1. The molecule has 0 aromatic carbocycles. The second kappa shape index (κ2) is 3.88. The predicted octanol–water partition coefficient (Wildman–Crippen LogP) is -0.974. The summed E-state index contributed by atoms with van der Waals surface area (Å²) in [5, 5.41) is 33.7. The van der Waals surface area contributed by atoms with Gasteiger partial charge in [-0.1, -0.05) is 6.92 Å². The summed E-state index contributed by atoms with van der Waals surface area (Å²) in [7, 11) is 0. The molecule has 4 heteroatoms. The van der Waals surface area contributed by atoms with Crippen LogP contribution in [0.15, 0.2) is 0 Å². The Morgan fingerprint density at radius 3 is 2.10 bits per heavy atom. The van der Waals surface area contributed by atoms with Crippen LogP contribution >= 0.6 is 0 Å². The van der Waals surface area contributed by atoms with Crippen molar-refractivity contribution in [2.75, 3.05) is 6.61 Å². The number of aliphatic hydroxyl groups is 4. The van der Waals surface area contributed by atoms with Crippen LogP contribution in [0.25, 0.3) is 0 Å². The molecule has 0 bridgehead atoms. The minimum Gasteiger partial charge on any atom is -0.396 e. The van der Waals surface area contributed by atoms with Gasteiger partial charge in [0.1, 0.15) is 0 Å². The molecule has 0 spiro atoms. The Bertz CT molecular complexity index is 86.2. The first kappa shape index (κ1) is 9.84. The minimum absolute atomic E-state index is 0.00273. The van der Waals surface area contributed by atoms with Crippen molar-refractivity contribution in [1.82, 2.24) is 0 Å². The molecule has 0 saturated heterocycles. The average molecular weight is 150 g/mol.